The van der Waals surface area contributed by atoms with Crippen LogP contribution in [0.3, 0.4) is 0 Å². The number of imide groups is 1. The summed E-state index contributed by atoms with van der Waals surface area (Å²) in [5.41, 5.74) is 0.158. The Morgan fingerprint density at radius 2 is 1.72 bits per heavy atom. The van der Waals surface area contributed by atoms with Crippen LogP contribution >= 0.6 is 0 Å². The highest BCUT2D eigenvalue weighted by Crippen LogP contribution is 2.30. The maximum absolute atomic E-state index is 13.5. The number of rotatable bonds is 5. The van der Waals surface area contributed by atoms with Crippen molar-refractivity contribution in [3.05, 3.63) is 68.8 Å². The summed E-state index contributed by atoms with van der Waals surface area (Å²) in [7, 11) is 0. The normalized spacial score (nSPS) is 12.8. The van der Waals surface area contributed by atoms with Crippen molar-refractivity contribution in [2.24, 2.45) is 0 Å². The zero-order chi connectivity index (χ0) is 21.5. The zero-order valence-electron chi connectivity index (χ0n) is 13.9. The highest BCUT2D eigenvalue weighted by atomic mass is 19.2. The first-order valence-electron chi connectivity index (χ1n) is 7.55. The van der Waals surface area contributed by atoms with Crippen LogP contribution in [0.5, 0.6) is 5.75 Å². The lowest BCUT2D eigenvalue weighted by Crippen LogP contribution is -2.47. The highest BCUT2D eigenvalue weighted by molar-refractivity contribution is 6.23. The lowest BCUT2D eigenvalue weighted by Gasteiger charge is -2.15. The molecule has 0 saturated heterocycles. The first-order chi connectivity index (χ1) is 13.6. The first-order valence-corrected chi connectivity index (χ1v) is 7.55. The summed E-state index contributed by atoms with van der Waals surface area (Å²) in [6, 6.07) is 3.18. The predicted molar refractivity (Wildman–Crippen MR) is 83.5 cm³/mol. The SMILES string of the molecule is O=C(COc1c(F)c(F)cc(F)c1F)NN1C(=O)c2cccc([N+](=O)[O-])c2C1=O. The average molecular weight is 413 g/mol. The number of amides is 3. The van der Waals surface area contributed by atoms with Crippen LogP contribution in [0.4, 0.5) is 23.2 Å². The highest BCUT2D eigenvalue weighted by Gasteiger charge is 2.42. The third-order valence-electron chi connectivity index (χ3n) is 3.75. The summed E-state index contributed by atoms with van der Waals surface area (Å²) < 4.78 is 57.6. The van der Waals surface area contributed by atoms with Crippen LogP contribution in [0.1, 0.15) is 20.7 Å². The molecule has 3 amide bonds. The Kier molecular flexibility index (Phi) is 4.88. The molecule has 0 aromatic heterocycles. The minimum Gasteiger partial charge on any atom is -0.477 e. The monoisotopic (exact) mass is 413 g/mol. The molecule has 0 spiro atoms. The van der Waals surface area contributed by atoms with Crippen LogP contribution in [0, 0.1) is 33.4 Å². The molecule has 150 valence electrons. The van der Waals surface area contributed by atoms with E-state index in [0.29, 0.717) is 0 Å². The summed E-state index contributed by atoms with van der Waals surface area (Å²) in [6.45, 7) is -1.24. The van der Waals surface area contributed by atoms with E-state index in [1.807, 2.05) is 0 Å². The zero-order valence-corrected chi connectivity index (χ0v) is 13.9. The van der Waals surface area contributed by atoms with Crippen molar-refractivity contribution in [1.29, 1.82) is 0 Å². The Labute approximate surface area is 157 Å². The third kappa shape index (κ3) is 3.33. The fraction of sp³-hybridized carbons (Fsp3) is 0.0625. The number of nitro groups is 1. The van der Waals surface area contributed by atoms with Gasteiger partial charge in [0.2, 0.25) is 11.6 Å². The molecule has 0 fully saturated rings. The van der Waals surface area contributed by atoms with Gasteiger partial charge in [0, 0.05) is 12.1 Å². The first kappa shape index (κ1) is 19.7. The molecular formula is C16H7F4N3O6. The van der Waals surface area contributed by atoms with E-state index in [-0.39, 0.29) is 16.6 Å². The topological polar surface area (TPSA) is 119 Å². The van der Waals surface area contributed by atoms with Gasteiger partial charge in [0.05, 0.1) is 10.5 Å². The average Bonchev–Trinajstić information content (AvgIpc) is 2.91. The second-order valence-corrected chi connectivity index (χ2v) is 5.52. The summed E-state index contributed by atoms with van der Waals surface area (Å²) >= 11 is 0. The lowest BCUT2D eigenvalue weighted by atomic mass is 10.1. The fourth-order valence-corrected chi connectivity index (χ4v) is 2.49. The van der Waals surface area contributed by atoms with Gasteiger partial charge in [-0.3, -0.25) is 29.9 Å². The maximum atomic E-state index is 13.5. The van der Waals surface area contributed by atoms with E-state index in [0.717, 1.165) is 18.2 Å². The van der Waals surface area contributed by atoms with Crippen LogP contribution in [-0.4, -0.2) is 34.3 Å². The van der Waals surface area contributed by atoms with Gasteiger partial charge < -0.3 is 4.74 Å². The number of carbonyl (C=O) groups excluding carboxylic acids is 3. The molecule has 1 aliphatic rings. The Hall–Kier alpha value is -4.03. The summed E-state index contributed by atoms with van der Waals surface area (Å²) in [5.74, 6) is -12.5. The minimum atomic E-state index is -1.90. The molecule has 0 aliphatic carbocycles. The minimum absolute atomic E-state index is 0.0662. The molecule has 0 bridgehead atoms. The van der Waals surface area contributed by atoms with E-state index in [2.05, 4.69) is 4.74 Å². The fourth-order valence-electron chi connectivity index (χ4n) is 2.49. The molecule has 13 heteroatoms. The lowest BCUT2D eigenvalue weighted by molar-refractivity contribution is -0.385. The molecule has 2 aromatic carbocycles. The Balaban J connectivity index is 1.76. The van der Waals surface area contributed by atoms with Gasteiger partial charge in [-0.15, -0.1) is 0 Å². The Morgan fingerprint density at radius 3 is 2.31 bits per heavy atom. The van der Waals surface area contributed by atoms with Gasteiger partial charge in [-0.1, -0.05) is 6.07 Å². The number of benzene rings is 2. The van der Waals surface area contributed by atoms with Crippen molar-refractivity contribution in [2.45, 2.75) is 0 Å². The molecule has 1 heterocycles. The number of ether oxygens (including phenoxy) is 1. The Bertz CT molecular complexity index is 1060. The van der Waals surface area contributed by atoms with Crippen molar-refractivity contribution in [2.75, 3.05) is 6.61 Å². The van der Waals surface area contributed by atoms with Crippen LogP contribution in [0.25, 0.3) is 0 Å². The van der Waals surface area contributed by atoms with E-state index in [1.165, 1.54) is 0 Å². The quantitative estimate of drug-likeness (QED) is 0.263. The molecule has 3 rings (SSSR count). The second kappa shape index (κ2) is 7.18. The summed E-state index contributed by atoms with van der Waals surface area (Å²) in [6.07, 6.45) is 0. The summed E-state index contributed by atoms with van der Waals surface area (Å²) in [5, 5.41) is 11.1. The van der Waals surface area contributed by atoms with Gasteiger partial charge in [0.25, 0.3) is 23.4 Å². The largest absolute Gasteiger partial charge is 0.477 e. The molecule has 0 unspecified atom stereocenters. The van der Waals surface area contributed by atoms with Crippen molar-refractivity contribution in [3.63, 3.8) is 0 Å². The van der Waals surface area contributed by atoms with Crippen molar-refractivity contribution >= 4 is 23.4 Å². The standard InChI is InChI=1S/C16H7F4N3O6/c17-7-4-8(18)13(20)14(12(7)19)29-5-10(24)21-22-15(25)6-2-1-3-9(23(27)28)11(6)16(22)26/h1-4H,5H2,(H,21,24). The smallest absolute Gasteiger partial charge is 0.287 e. The van der Waals surface area contributed by atoms with Crippen LogP contribution < -0.4 is 10.2 Å². The third-order valence-corrected chi connectivity index (χ3v) is 3.75. The van der Waals surface area contributed by atoms with Crippen LogP contribution in [-0.2, 0) is 4.79 Å². The molecule has 0 atom stereocenters. The van der Waals surface area contributed by atoms with Crippen LogP contribution in [0.15, 0.2) is 24.3 Å². The number of halogens is 4. The van der Waals surface area contributed by atoms with E-state index in [4.69, 9.17) is 0 Å². The predicted octanol–water partition coefficient (Wildman–Crippen LogP) is 1.86. The molecule has 0 radical (unpaired) electrons. The molecule has 9 nitrogen and oxygen atoms in total. The van der Waals surface area contributed by atoms with E-state index in [9.17, 15) is 42.1 Å². The molecule has 1 aliphatic heterocycles. The molecular weight excluding hydrogens is 406 g/mol. The summed E-state index contributed by atoms with van der Waals surface area (Å²) in [4.78, 5) is 46.4. The molecule has 0 saturated carbocycles. The number of nitrogens with one attached hydrogen (secondary N) is 1. The van der Waals surface area contributed by atoms with Gasteiger partial charge >= 0.3 is 0 Å². The van der Waals surface area contributed by atoms with Gasteiger partial charge in [-0.05, 0) is 6.07 Å². The van der Waals surface area contributed by atoms with Crippen molar-refractivity contribution < 1.29 is 41.6 Å². The van der Waals surface area contributed by atoms with E-state index < -0.39 is 69.5 Å². The molecule has 2 aromatic rings. The number of hydrogen-bond acceptors (Lipinski definition) is 6. The van der Waals surface area contributed by atoms with Gasteiger partial charge in [-0.2, -0.15) is 13.8 Å². The van der Waals surface area contributed by atoms with Crippen LogP contribution in [0.2, 0.25) is 0 Å². The van der Waals surface area contributed by atoms with Crippen molar-refractivity contribution in [1.82, 2.24) is 10.4 Å². The van der Waals surface area contributed by atoms with E-state index in [1.54, 1.807) is 5.43 Å². The Morgan fingerprint density at radius 1 is 1.10 bits per heavy atom. The molecule has 1 N–H and O–H groups in total. The van der Waals surface area contributed by atoms with Crippen molar-refractivity contribution in [3.8, 4) is 5.75 Å². The number of hydrogen-bond donors (Lipinski definition) is 1. The number of nitrogens with zero attached hydrogens (tertiary/aromatic N) is 2. The van der Waals surface area contributed by atoms with Gasteiger partial charge in [-0.25, -0.2) is 8.78 Å². The number of nitro benzene ring substituents is 1. The second-order valence-electron chi connectivity index (χ2n) is 5.52. The van der Waals surface area contributed by atoms with Gasteiger partial charge in [0.15, 0.2) is 24.0 Å². The van der Waals surface area contributed by atoms with Gasteiger partial charge in [0.1, 0.15) is 5.56 Å². The maximum Gasteiger partial charge on any atom is 0.287 e. The number of carbonyl (C=O) groups is 3. The molecule has 29 heavy (non-hydrogen) atoms. The number of hydrazine groups is 1. The van der Waals surface area contributed by atoms with E-state index >= 15 is 0 Å². The number of fused-ring (bicyclic) bond motifs is 1.